The van der Waals surface area contributed by atoms with Gasteiger partial charge in [-0.2, -0.15) is 13.2 Å². The van der Waals surface area contributed by atoms with Crippen molar-refractivity contribution >= 4 is 28.6 Å². The van der Waals surface area contributed by atoms with E-state index in [1.807, 2.05) is 0 Å². The Balaban J connectivity index is 1.76. The number of halogens is 7. The topological polar surface area (TPSA) is 34.2 Å². The van der Waals surface area contributed by atoms with E-state index in [4.69, 9.17) is 16.3 Å². The monoisotopic (exact) mass is 438 g/mol. The zero-order valence-corrected chi connectivity index (χ0v) is 15.2. The summed E-state index contributed by atoms with van der Waals surface area (Å²) in [5, 5.41) is 2.90. The van der Waals surface area contributed by atoms with Crippen molar-refractivity contribution in [2.75, 3.05) is 5.32 Å². The van der Waals surface area contributed by atoms with Crippen molar-refractivity contribution < 1.29 is 31.1 Å². The molecule has 0 radical (unpaired) electrons. The van der Waals surface area contributed by atoms with Crippen LogP contribution in [0.5, 0.6) is 11.5 Å². The molecule has 3 rings (SSSR count). The highest BCUT2D eigenvalue weighted by Crippen LogP contribution is 2.36. The summed E-state index contributed by atoms with van der Waals surface area (Å²) in [4.78, 5) is 4.64. The number of benzene rings is 2. The Morgan fingerprint density at radius 1 is 1.04 bits per heavy atom. The lowest BCUT2D eigenvalue weighted by atomic mass is 10.2. The lowest BCUT2D eigenvalue weighted by Gasteiger charge is -2.13. The minimum absolute atomic E-state index is 0.0758. The first-order valence-electron chi connectivity index (χ1n) is 7.51. The third-order valence-electron chi connectivity index (χ3n) is 3.46. The highest BCUT2D eigenvalue weighted by Gasteiger charge is 2.33. The molecule has 0 atom stereocenters. The van der Waals surface area contributed by atoms with Crippen LogP contribution in [0.1, 0.15) is 10.4 Å². The van der Waals surface area contributed by atoms with Gasteiger partial charge < -0.3 is 10.1 Å². The van der Waals surface area contributed by atoms with Crippen molar-refractivity contribution in [3.63, 3.8) is 0 Å². The van der Waals surface area contributed by atoms with Gasteiger partial charge >= 0.3 is 6.18 Å². The maximum atomic E-state index is 14.2. The van der Waals surface area contributed by atoms with Gasteiger partial charge in [-0.25, -0.2) is 18.2 Å². The summed E-state index contributed by atoms with van der Waals surface area (Å²) in [5.41, 5.74) is -1.18. The second-order valence-corrected chi connectivity index (χ2v) is 7.14. The summed E-state index contributed by atoms with van der Waals surface area (Å²) in [6.07, 6.45) is -3.38. The molecule has 11 heteroatoms. The van der Waals surface area contributed by atoms with E-state index < -0.39 is 40.7 Å². The Kier molecular flexibility index (Phi) is 5.71. The van der Waals surface area contributed by atoms with E-state index in [0.29, 0.717) is 16.7 Å². The van der Waals surface area contributed by atoms with Gasteiger partial charge in [0.1, 0.15) is 0 Å². The summed E-state index contributed by atoms with van der Waals surface area (Å²) in [5.74, 6) is -5.85. The van der Waals surface area contributed by atoms with Crippen molar-refractivity contribution in [1.29, 1.82) is 0 Å². The summed E-state index contributed by atoms with van der Waals surface area (Å²) in [6, 6.07) is 3.63. The molecule has 0 spiro atoms. The maximum absolute atomic E-state index is 14.2. The Labute approximate surface area is 163 Å². The van der Waals surface area contributed by atoms with Crippen molar-refractivity contribution in [3.8, 4) is 11.5 Å². The van der Waals surface area contributed by atoms with Crippen molar-refractivity contribution in [2.24, 2.45) is 0 Å². The van der Waals surface area contributed by atoms with Crippen LogP contribution in [0, 0.1) is 17.5 Å². The van der Waals surface area contributed by atoms with Crippen LogP contribution in [0.2, 0.25) is 4.47 Å². The van der Waals surface area contributed by atoms with E-state index in [1.165, 1.54) is 17.4 Å². The van der Waals surface area contributed by atoms with Gasteiger partial charge in [0.2, 0.25) is 0 Å². The molecule has 0 bridgehead atoms. The summed E-state index contributed by atoms with van der Waals surface area (Å²) in [7, 11) is 0. The van der Waals surface area contributed by atoms with Crippen LogP contribution in [0.15, 0.2) is 36.5 Å². The molecule has 1 N–H and O–H groups in total. The second kappa shape index (κ2) is 7.88. The molecule has 1 heterocycles. The van der Waals surface area contributed by atoms with Crippen LogP contribution in [-0.2, 0) is 12.7 Å². The number of anilines is 1. The molecule has 28 heavy (non-hydrogen) atoms. The zero-order valence-electron chi connectivity index (χ0n) is 13.6. The van der Waals surface area contributed by atoms with E-state index in [2.05, 4.69) is 10.3 Å². The average Bonchev–Trinajstić information content (AvgIpc) is 3.02. The predicted molar refractivity (Wildman–Crippen MR) is 92.3 cm³/mol. The molecule has 0 aliphatic rings. The molecule has 2 aromatic carbocycles. The fourth-order valence-electron chi connectivity index (χ4n) is 2.18. The first-order chi connectivity index (χ1) is 13.1. The van der Waals surface area contributed by atoms with Gasteiger partial charge in [0.15, 0.2) is 33.4 Å². The van der Waals surface area contributed by atoms with Gasteiger partial charge in [-0.15, -0.1) is 11.3 Å². The molecular formula is C17H9ClF6N2OS. The molecule has 1 aromatic heterocycles. The summed E-state index contributed by atoms with van der Waals surface area (Å²) < 4.78 is 84.7. The van der Waals surface area contributed by atoms with Gasteiger partial charge in [-0.3, -0.25) is 0 Å². The molecule has 3 aromatic rings. The van der Waals surface area contributed by atoms with Gasteiger partial charge in [-0.1, -0.05) is 11.6 Å². The summed E-state index contributed by atoms with van der Waals surface area (Å²) in [6.45, 7) is 0.312. The molecule has 0 unspecified atom stereocenters. The fourth-order valence-corrected chi connectivity index (χ4v) is 3.10. The van der Waals surface area contributed by atoms with Gasteiger partial charge in [0, 0.05) is 22.8 Å². The van der Waals surface area contributed by atoms with Gasteiger partial charge in [-0.05, 0) is 24.3 Å². The fraction of sp³-hybridized carbons (Fsp3) is 0.118. The molecule has 0 aliphatic carbocycles. The minimum Gasteiger partial charge on any atom is -0.448 e. The normalized spacial score (nSPS) is 11.5. The van der Waals surface area contributed by atoms with E-state index in [1.54, 1.807) is 6.20 Å². The number of aromatic nitrogens is 1. The highest BCUT2D eigenvalue weighted by atomic mass is 35.5. The van der Waals surface area contributed by atoms with Crippen LogP contribution in [-0.4, -0.2) is 4.98 Å². The average molecular weight is 439 g/mol. The number of alkyl halides is 3. The van der Waals surface area contributed by atoms with Crippen molar-refractivity contribution in [3.05, 3.63) is 68.9 Å². The Bertz CT molecular complexity index is 985. The number of nitrogens with zero attached hydrogens (tertiary/aromatic N) is 1. The molecule has 0 saturated heterocycles. The third kappa shape index (κ3) is 4.68. The lowest BCUT2D eigenvalue weighted by molar-refractivity contribution is -0.138. The Morgan fingerprint density at radius 3 is 2.25 bits per heavy atom. The SMILES string of the molecule is Fc1cc(NCc2cnc(Cl)s2)ccc1Oc1c(F)cc(C(F)(F)F)cc1F. The highest BCUT2D eigenvalue weighted by molar-refractivity contribution is 7.15. The van der Waals surface area contributed by atoms with Crippen LogP contribution in [0.25, 0.3) is 0 Å². The van der Waals surface area contributed by atoms with Crippen LogP contribution in [0.4, 0.5) is 32.0 Å². The largest absolute Gasteiger partial charge is 0.448 e. The molecule has 0 fully saturated rings. The zero-order chi connectivity index (χ0) is 20.5. The number of nitrogens with one attached hydrogen (secondary N) is 1. The quantitative estimate of drug-likeness (QED) is 0.453. The van der Waals surface area contributed by atoms with E-state index >= 15 is 0 Å². The molecule has 3 nitrogen and oxygen atoms in total. The smallest absolute Gasteiger partial charge is 0.416 e. The number of rotatable bonds is 5. The van der Waals surface area contributed by atoms with E-state index in [9.17, 15) is 26.3 Å². The lowest BCUT2D eigenvalue weighted by Crippen LogP contribution is -2.07. The molecule has 0 aliphatic heterocycles. The Hall–Kier alpha value is -2.46. The number of thiazole rings is 1. The Morgan fingerprint density at radius 2 is 1.71 bits per heavy atom. The third-order valence-corrected chi connectivity index (χ3v) is 4.58. The molecular weight excluding hydrogens is 430 g/mol. The molecule has 0 amide bonds. The predicted octanol–water partition coefficient (Wildman–Crippen LogP) is 6.64. The van der Waals surface area contributed by atoms with Crippen molar-refractivity contribution in [1.82, 2.24) is 4.98 Å². The van der Waals surface area contributed by atoms with Gasteiger partial charge in [0.25, 0.3) is 0 Å². The number of hydrogen-bond acceptors (Lipinski definition) is 4. The standard InChI is InChI=1S/C17H9ClF6N2OS/c18-16-26-7-10(28-16)6-25-9-1-2-14(11(19)5-9)27-15-12(20)3-8(4-13(15)21)17(22,23)24/h1-5,7,25H,6H2. The first kappa shape index (κ1) is 20.3. The number of hydrogen-bond donors (Lipinski definition) is 1. The van der Waals surface area contributed by atoms with Gasteiger partial charge in [0.05, 0.1) is 12.1 Å². The van der Waals surface area contributed by atoms with E-state index in [-0.39, 0.29) is 12.1 Å². The van der Waals surface area contributed by atoms with Crippen LogP contribution in [0.3, 0.4) is 0 Å². The summed E-state index contributed by atoms with van der Waals surface area (Å²) >= 11 is 6.94. The van der Waals surface area contributed by atoms with Crippen LogP contribution < -0.4 is 10.1 Å². The second-order valence-electron chi connectivity index (χ2n) is 5.45. The maximum Gasteiger partial charge on any atom is 0.416 e. The van der Waals surface area contributed by atoms with E-state index in [0.717, 1.165) is 17.0 Å². The number of ether oxygens (including phenoxy) is 1. The minimum atomic E-state index is -4.93. The first-order valence-corrected chi connectivity index (χ1v) is 8.70. The van der Waals surface area contributed by atoms with Crippen molar-refractivity contribution in [2.45, 2.75) is 12.7 Å². The van der Waals surface area contributed by atoms with Crippen LogP contribution >= 0.6 is 22.9 Å². The molecule has 0 saturated carbocycles. The molecule has 148 valence electrons.